The van der Waals surface area contributed by atoms with Gasteiger partial charge in [0.25, 0.3) is 5.91 Å². The van der Waals surface area contributed by atoms with Crippen molar-refractivity contribution in [3.8, 4) is 0 Å². The number of methoxy groups -OCH3 is 1. The van der Waals surface area contributed by atoms with Crippen molar-refractivity contribution in [3.63, 3.8) is 0 Å². The molecule has 0 radical (unpaired) electrons. The van der Waals surface area contributed by atoms with Crippen LogP contribution in [0.3, 0.4) is 0 Å². The zero-order valence-corrected chi connectivity index (χ0v) is 19.2. The first-order valence-corrected chi connectivity index (χ1v) is 11.0. The van der Waals surface area contributed by atoms with Crippen LogP contribution in [0.25, 0.3) is 0 Å². The average molecular weight is 455 g/mol. The zero-order chi connectivity index (χ0) is 24.1. The number of Topliss-reactive ketones (excluding diaryl/α,β-unsaturated/α-hetero) is 2. The van der Waals surface area contributed by atoms with Crippen LogP contribution in [-0.2, 0) is 22.6 Å². The summed E-state index contributed by atoms with van der Waals surface area (Å²) >= 11 is 0. The molecule has 3 aromatic rings. The van der Waals surface area contributed by atoms with Gasteiger partial charge in [0.1, 0.15) is 18.0 Å². The highest BCUT2D eigenvalue weighted by molar-refractivity contribution is 6.27. The number of amides is 1. The van der Waals surface area contributed by atoms with Gasteiger partial charge in [-0.2, -0.15) is 0 Å². The number of allylic oxidation sites excluding steroid dienone is 2. The van der Waals surface area contributed by atoms with E-state index in [9.17, 15) is 14.4 Å². The number of likely N-dealkylation sites (N-methyl/N-ethyl adjacent to an activating group) is 1. The van der Waals surface area contributed by atoms with Gasteiger partial charge in [-0.15, -0.1) is 0 Å². The maximum atomic E-state index is 13.9. The average Bonchev–Trinajstić information content (AvgIpc) is 2.86. The third-order valence-electron chi connectivity index (χ3n) is 5.80. The number of rotatable bonds is 8. The number of ketones is 2. The molecule has 0 aromatic heterocycles. The number of benzene rings is 3. The molecule has 172 valence electrons. The highest BCUT2D eigenvalue weighted by atomic mass is 16.5. The van der Waals surface area contributed by atoms with Gasteiger partial charge in [-0.05, 0) is 11.1 Å². The first kappa shape index (κ1) is 23.1. The molecule has 1 amide bonds. The Hall–Kier alpha value is -4.03. The molecule has 1 aliphatic rings. The summed E-state index contributed by atoms with van der Waals surface area (Å²) in [6, 6.07) is 26.2. The highest BCUT2D eigenvalue weighted by Crippen LogP contribution is 2.32. The highest BCUT2D eigenvalue weighted by Gasteiger charge is 2.38. The van der Waals surface area contributed by atoms with Crippen LogP contribution >= 0.6 is 0 Å². The van der Waals surface area contributed by atoms with Crippen LogP contribution in [0.15, 0.2) is 96.3 Å². The van der Waals surface area contributed by atoms with Gasteiger partial charge in [0, 0.05) is 38.4 Å². The largest absolute Gasteiger partial charge is 0.375 e. The SMILES string of the molecule is COCC(=O)N(C)C1=C(N(Cc2ccccc2)Cc2ccccc2)C(=O)c2ccccc2C1=O. The lowest BCUT2D eigenvalue weighted by Gasteiger charge is -2.34. The second-order valence-electron chi connectivity index (χ2n) is 8.11. The third-order valence-corrected chi connectivity index (χ3v) is 5.80. The van der Waals surface area contributed by atoms with E-state index in [1.807, 2.05) is 65.6 Å². The summed E-state index contributed by atoms with van der Waals surface area (Å²) < 4.78 is 5.01. The first-order valence-electron chi connectivity index (χ1n) is 11.0. The molecule has 0 atom stereocenters. The van der Waals surface area contributed by atoms with E-state index in [-0.39, 0.29) is 29.6 Å². The summed E-state index contributed by atoms with van der Waals surface area (Å²) in [7, 11) is 2.93. The van der Waals surface area contributed by atoms with E-state index in [2.05, 4.69) is 0 Å². The smallest absolute Gasteiger partial charge is 0.252 e. The number of nitrogens with zero attached hydrogens (tertiary/aromatic N) is 2. The lowest BCUT2D eigenvalue weighted by atomic mass is 9.88. The monoisotopic (exact) mass is 454 g/mol. The molecule has 3 aromatic carbocycles. The van der Waals surface area contributed by atoms with Gasteiger partial charge in [-0.25, -0.2) is 0 Å². The standard InChI is InChI=1S/C28H26N2O4/c1-29(24(31)19-34-2)25-26(28(33)23-16-10-9-15-22(23)27(25)32)30(17-20-11-5-3-6-12-20)18-21-13-7-4-8-14-21/h3-16H,17-19H2,1-2H3. The Balaban J connectivity index is 1.89. The van der Waals surface area contributed by atoms with E-state index in [0.717, 1.165) is 11.1 Å². The van der Waals surface area contributed by atoms with Crippen LogP contribution in [0.2, 0.25) is 0 Å². The summed E-state index contributed by atoms with van der Waals surface area (Å²) in [5, 5.41) is 0. The number of ether oxygens (including phenoxy) is 1. The molecule has 0 N–H and O–H groups in total. The van der Waals surface area contributed by atoms with Crippen LogP contribution in [0.4, 0.5) is 0 Å². The van der Waals surface area contributed by atoms with Gasteiger partial charge in [-0.1, -0.05) is 84.9 Å². The van der Waals surface area contributed by atoms with Gasteiger partial charge in [0.15, 0.2) is 0 Å². The lowest BCUT2D eigenvalue weighted by molar-refractivity contribution is -0.131. The lowest BCUT2D eigenvalue weighted by Crippen LogP contribution is -2.41. The molecule has 0 heterocycles. The quantitative estimate of drug-likeness (QED) is 0.513. The summed E-state index contributed by atoms with van der Waals surface area (Å²) in [6.07, 6.45) is 0. The summed E-state index contributed by atoms with van der Waals surface area (Å²) in [5.41, 5.74) is 2.87. The fourth-order valence-corrected chi connectivity index (χ4v) is 4.12. The van der Waals surface area contributed by atoms with Crippen molar-refractivity contribution < 1.29 is 19.1 Å². The van der Waals surface area contributed by atoms with Crippen molar-refractivity contribution >= 4 is 17.5 Å². The minimum Gasteiger partial charge on any atom is -0.375 e. The van der Waals surface area contributed by atoms with Crippen LogP contribution in [-0.4, -0.2) is 48.0 Å². The molecule has 0 fully saturated rings. The van der Waals surface area contributed by atoms with Crippen molar-refractivity contribution in [2.45, 2.75) is 13.1 Å². The fraction of sp³-hybridized carbons (Fsp3) is 0.179. The molecule has 6 nitrogen and oxygen atoms in total. The minimum atomic E-state index is -0.407. The van der Waals surface area contributed by atoms with Crippen molar-refractivity contribution in [2.24, 2.45) is 0 Å². The molecule has 0 saturated carbocycles. The van der Waals surface area contributed by atoms with Crippen LogP contribution in [0, 0.1) is 0 Å². The van der Waals surface area contributed by atoms with Crippen molar-refractivity contribution in [1.29, 1.82) is 0 Å². The van der Waals surface area contributed by atoms with E-state index in [1.165, 1.54) is 19.1 Å². The predicted molar refractivity (Wildman–Crippen MR) is 129 cm³/mol. The Kier molecular flexibility index (Phi) is 6.99. The van der Waals surface area contributed by atoms with E-state index < -0.39 is 5.91 Å². The molecule has 4 rings (SSSR count). The summed E-state index contributed by atoms with van der Waals surface area (Å²) in [5.74, 6) is -1.05. The Morgan fingerprint density at radius 3 is 1.62 bits per heavy atom. The number of hydrogen-bond donors (Lipinski definition) is 0. The summed E-state index contributed by atoms with van der Waals surface area (Å²) in [4.78, 5) is 43.4. The van der Waals surface area contributed by atoms with E-state index in [4.69, 9.17) is 4.74 Å². The molecule has 0 unspecified atom stereocenters. The van der Waals surface area contributed by atoms with Gasteiger partial charge in [-0.3, -0.25) is 14.4 Å². The molecule has 0 saturated heterocycles. The molecule has 0 aliphatic heterocycles. The van der Waals surface area contributed by atoms with Crippen molar-refractivity contribution in [1.82, 2.24) is 9.80 Å². The first-order chi connectivity index (χ1) is 16.5. The van der Waals surface area contributed by atoms with Gasteiger partial charge in [0.2, 0.25) is 11.6 Å². The van der Waals surface area contributed by atoms with Crippen LogP contribution in [0.1, 0.15) is 31.8 Å². The number of carbonyl (C=O) groups is 3. The molecular formula is C28H26N2O4. The number of hydrogen-bond acceptors (Lipinski definition) is 5. The molecule has 1 aliphatic carbocycles. The topological polar surface area (TPSA) is 66.9 Å². The molecule has 0 bridgehead atoms. The molecule has 34 heavy (non-hydrogen) atoms. The zero-order valence-electron chi connectivity index (χ0n) is 19.2. The fourth-order valence-electron chi connectivity index (χ4n) is 4.12. The maximum absolute atomic E-state index is 13.9. The molecule has 6 heteroatoms. The summed E-state index contributed by atoms with van der Waals surface area (Å²) in [6.45, 7) is 0.581. The van der Waals surface area contributed by atoms with Gasteiger partial charge >= 0.3 is 0 Å². The second-order valence-corrected chi connectivity index (χ2v) is 8.11. The van der Waals surface area contributed by atoms with Crippen LogP contribution in [0.5, 0.6) is 0 Å². The van der Waals surface area contributed by atoms with Crippen molar-refractivity contribution in [3.05, 3.63) is 119 Å². The number of carbonyl (C=O) groups excluding carboxylic acids is 3. The Morgan fingerprint density at radius 1 is 0.706 bits per heavy atom. The van der Waals surface area contributed by atoms with Crippen LogP contribution < -0.4 is 0 Å². The van der Waals surface area contributed by atoms with Crippen molar-refractivity contribution in [2.75, 3.05) is 20.8 Å². The van der Waals surface area contributed by atoms with E-state index in [1.54, 1.807) is 24.3 Å². The third kappa shape index (κ3) is 4.67. The maximum Gasteiger partial charge on any atom is 0.252 e. The predicted octanol–water partition coefficient (Wildman–Crippen LogP) is 4.08. The Morgan fingerprint density at radius 2 is 1.15 bits per heavy atom. The minimum absolute atomic E-state index is 0.0672. The van der Waals surface area contributed by atoms with E-state index in [0.29, 0.717) is 24.2 Å². The van der Waals surface area contributed by atoms with E-state index >= 15 is 0 Å². The number of fused-ring (bicyclic) bond motifs is 1. The van der Waals surface area contributed by atoms with Gasteiger partial charge in [0.05, 0.1) is 0 Å². The second kappa shape index (κ2) is 10.3. The Bertz CT molecular complexity index is 1190. The Labute approximate surface area is 199 Å². The normalized spacial score (nSPS) is 13.0. The van der Waals surface area contributed by atoms with Gasteiger partial charge < -0.3 is 14.5 Å². The molecule has 0 spiro atoms. The molecular weight excluding hydrogens is 428 g/mol.